The summed E-state index contributed by atoms with van der Waals surface area (Å²) >= 11 is 1.48. The maximum Gasteiger partial charge on any atom is 0.511 e. The van der Waals surface area contributed by atoms with Crippen LogP contribution in [0.15, 0.2) is 6.07 Å². The van der Waals surface area contributed by atoms with Gasteiger partial charge in [0.25, 0.3) is 5.69 Å². The van der Waals surface area contributed by atoms with Gasteiger partial charge in [-0.3, -0.25) is 20.2 Å². The Balaban J connectivity index is 3.74. The summed E-state index contributed by atoms with van der Waals surface area (Å²) in [7, 11) is 0. The molecule has 0 aromatic heterocycles. The van der Waals surface area contributed by atoms with Gasteiger partial charge in [-0.25, -0.2) is 4.79 Å². The van der Waals surface area contributed by atoms with E-state index in [2.05, 4.69) is 4.74 Å². The Hall–Kier alpha value is -2.36. The predicted octanol–water partition coefficient (Wildman–Crippen LogP) is 4.37. The van der Waals surface area contributed by atoms with Crippen molar-refractivity contribution in [3.63, 3.8) is 0 Å². The zero-order chi connectivity index (χ0) is 19.1. The molecule has 0 saturated carbocycles. The van der Waals surface area contributed by atoms with Crippen LogP contribution in [0, 0.1) is 20.2 Å². The van der Waals surface area contributed by atoms with E-state index in [9.17, 15) is 25.0 Å². The van der Waals surface area contributed by atoms with E-state index in [0.717, 1.165) is 5.75 Å². The molecule has 1 aromatic carbocycles. The highest BCUT2D eigenvalue weighted by atomic mass is 32.2. The minimum Gasteiger partial charge on any atom is -0.449 e. The van der Waals surface area contributed by atoms with Gasteiger partial charge >= 0.3 is 11.8 Å². The molecule has 0 amide bonds. The van der Waals surface area contributed by atoms with Crippen molar-refractivity contribution in [1.82, 2.24) is 0 Å². The highest BCUT2D eigenvalue weighted by Gasteiger charge is 2.35. The number of nitrogens with zero attached hydrogens (tertiary/aromatic N) is 2. The second-order valence-corrected chi connectivity index (χ2v) is 6.67. The molecule has 1 N–H and O–H groups in total. The van der Waals surface area contributed by atoms with Crippen LogP contribution in [-0.2, 0) is 6.42 Å². The van der Waals surface area contributed by atoms with E-state index in [1.54, 1.807) is 13.8 Å². The first-order valence-corrected chi connectivity index (χ1v) is 8.86. The fourth-order valence-corrected chi connectivity index (χ4v) is 3.03. The van der Waals surface area contributed by atoms with Crippen molar-refractivity contribution in [1.29, 1.82) is 0 Å². The first kappa shape index (κ1) is 20.7. The van der Waals surface area contributed by atoms with Gasteiger partial charge in [-0.05, 0) is 30.3 Å². The highest BCUT2D eigenvalue weighted by molar-refractivity contribution is 7.99. The number of ether oxygens (including phenoxy) is 1. The van der Waals surface area contributed by atoms with Crippen molar-refractivity contribution in [3.8, 4) is 5.75 Å². The van der Waals surface area contributed by atoms with Gasteiger partial charge in [0.2, 0.25) is 5.75 Å². The number of hydrogen-bond donors (Lipinski definition) is 1. The van der Waals surface area contributed by atoms with E-state index in [0.29, 0.717) is 12.2 Å². The van der Waals surface area contributed by atoms with Gasteiger partial charge in [0.1, 0.15) is 5.56 Å². The van der Waals surface area contributed by atoms with Gasteiger partial charge in [-0.2, -0.15) is 11.8 Å². The van der Waals surface area contributed by atoms with Crippen LogP contribution in [-0.4, -0.2) is 32.6 Å². The summed E-state index contributed by atoms with van der Waals surface area (Å²) in [6.45, 7) is 5.39. The van der Waals surface area contributed by atoms with E-state index >= 15 is 0 Å². The molecule has 1 atom stereocenters. The number of thioether (sulfide) groups is 1. The molecular formula is C15H20N2O7S. The lowest BCUT2D eigenvalue weighted by Crippen LogP contribution is -2.13. The van der Waals surface area contributed by atoms with Crippen molar-refractivity contribution in [3.05, 3.63) is 37.4 Å². The first-order chi connectivity index (χ1) is 11.7. The van der Waals surface area contributed by atoms with Crippen LogP contribution in [0.4, 0.5) is 16.2 Å². The summed E-state index contributed by atoms with van der Waals surface area (Å²) in [6.07, 6.45) is -1.12. The van der Waals surface area contributed by atoms with Crippen molar-refractivity contribution >= 4 is 29.3 Å². The number of hydrogen-bond acceptors (Lipinski definition) is 7. The smallest absolute Gasteiger partial charge is 0.449 e. The van der Waals surface area contributed by atoms with Crippen LogP contribution < -0.4 is 4.74 Å². The van der Waals surface area contributed by atoms with E-state index in [1.807, 2.05) is 6.92 Å². The lowest BCUT2D eigenvalue weighted by atomic mass is 9.93. The van der Waals surface area contributed by atoms with Crippen LogP contribution in [0.3, 0.4) is 0 Å². The third-order valence-corrected chi connectivity index (χ3v) is 4.68. The summed E-state index contributed by atoms with van der Waals surface area (Å²) in [5.74, 6) is 0.429. The molecule has 0 bridgehead atoms. The fourth-order valence-electron chi connectivity index (χ4n) is 2.40. The molecule has 25 heavy (non-hydrogen) atoms. The van der Waals surface area contributed by atoms with Crippen molar-refractivity contribution in [2.45, 2.75) is 39.5 Å². The number of nitro benzene ring substituents is 2. The molecule has 1 aromatic rings. The quantitative estimate of drug-likeness (QED) is 0.222. The lowest BCUT2D eigenvalue weighted by Gasteiger charge is -2.16. The Kier molecular flexibility index (Phi) is 7.62. The Morgan fingerprint density at radius 2 is 1.96 bits per heavy atom. The van der Waals surface area contributed by atoms with E-state index in [1.165, 1.54) is 17.8 Å². The van der Waals surface area contributed by atoms with E-state index in [-0.39, 0.29) is 29.2 Å². The number of nitro groups is 2. The Bertz CT molecular complexity index is 678. The van der Waals surface area contributed by atoms with Crippen molar-refractivity contribution in [2.75, 3.05) is 11.5 Å². The molecule has 1 rings (SSSR count). The molecule has 0 heterocycles. The van der Waals surface area contributed by atoms with Gasteiger partial charge < -0.3 is 9.84 Å². The fraction of sp³-hybridized carbons (Fsp3) is 0.533. The standard InChI is InChI=1S/C15H20N2O7S/c1-4-9(3)11-8-12(16(20)21)10(6-7-25-5-2)13(17(22)23)14(11)24-15(18)19/h8-9H,4-7H2,1-3H3,(H,18,19). The lowest BCUT2D eigenvalue weighted by molar-refractivity contribution is -0.396. The molecule has 0 spiro atoms. The molecule has 0 fully saturated rings. The van der Waals surface area contributed by atoms with E-state index in [4.69, 9.17) is 5.11 Å². The molecule has 0 radical (unpaired) electrons. The molecule has 0 aliphatic carbocycles. The van der Waals surface area contributed by atoms with Crippen LogP contribution in [0.2, 0.25) is 0 Å². The number of carbonyl (C=O) groups is 1. The third kappa shape index (κ3) is 5.05. The summed E-state index contributed by atoms with van der Waals surface area (Å²) in [5.41, 5.74) is -0.977. The number of benzene rings is 1. The zero-order valence-corrected chi connectivity index (χ0v) is 15.0. The molecule has 0 saturated heterocycles. The minimum atomic E-state index is -1.70. The average Bonchev–Trinajstić information content (AvgIpc) is 2.53. The molecule has 0 aliphatic rings. The average molecular weight is 372 g/mol. The summed E-state index contributed by atoms with van der Waals surface area (Å²) in [5, 5.41) is 32.0. The molecular weight excluding hydrogens is 352 g/mol. The molecule has 10 heteroatoms. The van der Waals surface area contributed by atoms with Crippen LogP contribution in [0.1, 0.15) is 44.2 Å². The molecule has 0 aliphatic heterocycles. The maximum atomic E-state index is 11.6. The zero-order valence-electron chi connectivity index (χ0n) is 14.2. The largest absolute Gasteiger partial charge is 0.511 e. The minimum absolute atomic E-state index is 0.0713. The molecule has 1 unspecified atom stereocenters. The predicted molar refractivity (Wildman–Crippen MR) is 93.8 cm³/mol. The Labute approximate surface area is 148 Å². The highest BCUT2D eigenvalue weighted by Crippen LogP contribution is 2.44. The second kappa shape index (κ2) is 9.21. The monoisotopic (exact) mass is 372 g/mol. The number of carboxylic acid groups (broad SMARTS) is 1. The molecule has 9 nitrogen and oxygen atoms in total. The van der Waals surface area contributed by atoms with Crippen LogP contribution in [0.25, 0.3) is 0 Å². The Morgan fingerprint density at radius 1 is 1.32 bits per heavy atom. The Morgan fingerprint density at radius 3 is 2.40 bits per heavy atom. The third-order valence-electron chi connectivity index (χ3n) is 3.78. The summed E-state index contributed by atoms with van der Waals surface area (Å²) < 4.78 is 4.69. The van der Waals surface area contributed by atoms with Crippen LogP contribution >= 0.6 is 11.8 Å². The topological polar surface area (TPSA) is 133 Å². The van der Waals surface area contributed by atoms with Gasteiger partial charge in [0, 0.05) is 11.6 Å². The first-order valence-electron chi connectivity index (χ1n) is 7.71. The van der Waals surface area contributed by atoms with Crippen molar-refractivity contribution < 1.29 is 24.5 Å². The summed E-state index contributed by atoms with van der Waals surface area (Å²) in [4.78, 5) is 32.6. The number of rotatable bonds is 9. The van der Waals surface area contributed by atoms with Gasteiger partial charge in [-0.1, -0.05) is 20.8 Å². The molecule has 138 valence electrons. The van der Waals surface area contributed by atoms with E-state index < -0.39 is 27.4 Å². The summed E-state index contributed by atoms with van der Waals surface area (Å²) in [6, 6.07) is 1.20. The van der Waals surface area contributed by atoms with Crippen molar-refractivity contribution in [2.24, 2.45) is 0 Å². The maximum absolute atomic E-state index is 11.6. The normalized spacial score (nSPS) is 11.8. The van der Waals surface area contributed by atoms with Crippen LogP contribution in [0.5, 0.6) is 5.75 Å². The van der Waals surface area contributed by atoms with Gasteiger partial charge in [0.15, 0.2) is 0 Å². The van der Waals surface area contributed by atoms with Gasteiger partial charge in [0.05, 0.1) is 9.85 Å². The van der Waals surface area contributed by atoms with Gasteiger partial charge in [-0.15, -0.1) is 0 Å². The second-order valence-electron chi connectivity index (χ2n) is 5.28. The SMILES string of the molecule is CCSCCc1c([N+](=O)[O-])cc(C(C)CC)c(OC(=O)O)c1[N+](=O)[O-].